The Hall–Kier alpha value is -2.82. The van der Waals surface area contributed by atoms with Gasteiger partial charge in [-0.1, -0.05) is 51.3 Å². The predicted molar refractivity (Wildman–Crippen MR) is 129 cm³/mol. The van der Waals surface area contributed by atoms with Crippen LogP contribution in [-0.4, -0.2) is 36.9 Å². The van der Waals surface area contributed by atoms with Crippen LogP contribution in [0.25, 0.3) is 0 Å². The van der Waals surface area contributed by atoms with Crippen LogP contribution in [0.3, 0.4) is 0 Å². The number of methoxy groups -OCH3 is 1. The number of amides is 2. The summed E-state index contributed by atoms with van der Waals surface area (Å²) in [5.41, 5.74) is 2.61. The quantitative estimate of drug-likeness (QED) is 0.619. The highest BCUT2D eigenvalue weighted by atomic mass is 16.5. The highest BCUT2D eigenvalue weighted by Crippen LogP contribution is 2.26. The second-order valence-corrected chi connectivity index (χ2v) is 9.00. The van der Waals surface area contributed by atoms with Crippen LogP contribution in [0.4, 0.5) is 5.69 Å². The number of benzene rings is 2. The molecule has 1 aliphatic heterocycles. The molecule has 0 bridgehead atoms. The number of ether oxygens (including phenoxy) is 1. The zero-order valence-corrected chi connectivity index (χ0v) is 19.7. The summed E-state index contributed by atoms with van der Waals surface area (Å²) in [6, 6.07) is 15.3. The average Bonchev–Trinajstić information content (AvgIpc) is 2.78. The van der Waals surface area contributed by atoms with Crippen molar-refractivity contribution in [1.82, 2.24) is 4.90 Å². The van der Waals surface area contributed by atoms with E-state index >= 15 is 0 Å². The van der Waals surface area contributed by atoms with Crippen LogP contribution in [0.2, 0.25) is 0 Å². The van der Waals surface area contributed by atoms with Crippen molar-refractivity contribution in [2.75, 3.05) is 25.1 Å². The SMILES string of the molecule is COc1ccc(C(=O)N2CCCCCCCN(C(=O)CC(C)C)c3ccccc3C2)cc1. The monoisotopic (exact) mass is 436 g/mol. The highest BCUT2D eigenvalue weighted by molar-refractivity contribution is 5.95. The molecule has 2 amide bonds. The third-order valence-electron chi connectivity index (χ3n) is 5.96. The molecule has 32 heavy (non-hydrogen) atoms. The Morgan fingerprint density at radius 2 is 1.56 bits per heavy atom. The van der Waals surface area contributed by atoms with Crippen molar-refractivity contribution in [2.24, 2.45) is 5.92 Å². The fraction of sp³-hybridized carbons (Fsp3) is 0.481. The first-order valence-electron chi connectivity index (χ1n) is 11.8. The molecule has 0 saturated carbocycles. The fourth-order valence-electron chi connectivity index (χ4n) is 4.22. The number of para-hydroxylation sites is 1. The number of hydrogen-bond donors (Lipinski definition) is 0. The Kier molecular flexibility index (Phi) is 8.72. The van der Waals surface area contributed by atoms with E-state index in [0.29, 0.717) is 31.0 Å². The normalized spacial score (nSPS) is 15.5. The number of hydrogen-bond acceptors (Lipinski definition) is 3. The lowest BCUT2D eigenvalue weighted by atomic mass is 10.0. The van der Waals surface area contributed by atoms with Crippen LogP contribution in [0.1, 0.15) is 68.3 Å². The van der Waals surface area contributed by atoms with Gasteiger partial charge in [-0.25, -0.2) is 0 Å². The van der Waals surface area contributed by atoms with Crippen LogP contribution in [0.15, 0.2) is 48.5 Å². The summed E-state index contributed by atoms with van der Waals surface area (Å²) < 4.78 is 5.23. The molecule has 1 heterocycles. The minimum atomic E-state index is 0.0135. The molecule has 2 aromatic carbocycles. The van der Waals surface area contributed by atoms with Gasteiger partial charge in [-0.15, -0.1) is 0 Å². The topological polar surface area (TPSA) is 49.9 Å². The van der Waals surface area contributed by atoms with Crippen molar-refractivity contribution >= 4 is 17.5 Å². The average molecular weight is 437 g/mol. The molecule has 0 unspecified atom stereocenters. The molecule has 5 heteroatoms. The van der Waals surface area contributed by atoms with E-state index in [1.807, 2.05) is 58.3 Å². The lowest BCUT2D eigenvalue weighted by molar-refractivity contribution is -0.119. The molecular weight excluding hydrogens is 400 g/mol. The van der Waals surface area contributed by atoms with E-state index in [9.17, 15) is 9.59 Å². The van der Waals surface area contributed by atoms with Gasteiger partial charge in [-0.05, 0) is 54.7 Å². The summed E-state index contributed by atoms with van der Waals surface area (Å²) in [7, 11) is 1.62. The van der Waals surface area contributed by atoms with Gasteiger partial charge in [-0.3, -0.25) is 9.59 Å². The highest BCUT2D eigenvalue weighted by Gasteiger charge is 2.23. The molecule has 172 valence electrons. The molecule has 5 nitrogen and oxygen atoms in total. The van der Waals surface area contributed by atoms with E-state index in [-0.39, 0.29) is 11.8 Å². The van der Waals surface area contributed by atoms with Gasteiger partial charge in [0.2, 0.25) is 5.91 Å². The van der Waals surface area contributed by atoms with Gasteiger partial charge in [0.25, 0.3) is 5.91 Å². The third-order valence-corrected chi connectivity index (χ3v) is 5.96. The minimum Gasteiger partial charge on any atom is -0.497 e. The molecule has 1 aliphatic rings. The van der Waals surface area contributed by atoms with Crippen LogP contribution < -0.4 is 9.64 Å². The summed E-state index contributed by atoms with van der Waals surface area (Å²) in [6.07, 6.45) is 5.84. The Morgan fingerprint density at radius 3 is 2.25 bits per heavy atom. The maximum atomic E-state index is 13.4. The zero-order valence-electron chi connectivity index (χ0n) is 19.7. The van der Waals surface area contributed by atoms with E-state index in [0.717, 1.165) is 55.6 Å². The number of rotatable bonds is 4. The zero-order chi connectivity index (χ0) is 22.9. The van der Waals surface area contributed by atoms with Crippen molar-refractivity contribution in [1.29, 1.82) is 0 Å². The molecule has 0 aromatic heterocycles. The number of carbonyl (C=O) groups is 2. The van der Waals surface area contributed by atoms with Gasteiger partial charge < -0.3 is 14.5 Å². The number of carbonyl (C=O) groups excluding carboxylic acids is 2. The van der Waals surface area contributed by atoms with E-state index in [1.54, 1.807) is 7.11 Å². The maximum Gasteiger partial charge on any atom is 0.254 e. The van der Waals surface area contributed by atoms with Crippen LogP contribution in [-0.2, 0) is 11.3 Å². The minimum absolute atomic E-state index is 0.0135. The first-order valence-corrected chi connectivity index (χ1v) is 11.8. The molecular formula is C27H36N2O3. The van der Waals surface area contributed by atoms with Crippen molar-refractivity contribution in [3.63, 3.8) is 0 Å². The van der Waals surface area contributed by atoms with E-state index in [4.69, 9.17) is 4.74 Å². The third kappa shape index (κ3) is 6.35. The first kappa shape index (κ1) is 23.8. The lowest BCUT2D eigenvalue weighted by Gasteiger charge is -2.30. The van der Waals surface area contributed by atoms with E-state index in [1.165, 1.54) is 0 Å². The Labute approximate surface area is 192 Å². The summed E-state index contributed by atoms with van der Waals surface area (Å²) in [6.45, 7) is 6.09. The summed E-state index contributed by atoms with van der Waals surface area (Å²) in [5, 5.41) is 0. The Balaban J connectivity index is 1.92. The Bertz CT molecular complexity index is 892. The smallest absolute Gasteiger partial charge is 0.254 e. The molecule has 0 fully saturated rings. The number of nitrogens with zero attached hydrogens (tertiary/aromatic N) is 2. The molecule has 0 atom stereocenters. The lowest BCUT2D eigenvalue weighted by Crippen LogP contribution is -2.36. The van der Waals surface area contributed by atoms with Crippen molar-refractivity contribution in [2.45, 2.75) is 58.9 Å². The molecule has 0 saturated heterocycles. The molecule has 0 spiro atoms. The largest absolute Gasteiger partial charge is 0.497 e. The molecule has 0 aliphatic carbocycles. The summed E-state index contributed by atoms with van der Waals surface area (Å²) >= 11 is 0. The van der Waals surface area contributed by atoms with Crippen molar-refractivity contribution in [3.8, 4) is 5.75 Å². The van der Waals surface area contributed by atoms with Gasteiger partial charge in [0.15, 0.2) is 0 Å². The van der Waals surface area contributed by atoms with Crippen LogP contribution >= 0.6 is 0 Å². The second kappa shape index (κ2) is 11.7. The van der Waals surface area contributed by atoms with Crippen molar-refractivity contribution in [3.05, 3.63) is 59.7 Å². The summed E-state index contributed by atoms with van der Waals surface area (Å²) in [4.78, 5) is 30.4. The van der Waals surface area contributed by atoms with E-state index < -0.39 is 0 Å². The standard InChI is InChI=1S/C27H36N2O3/c1-21(2)19-26(30)29-18-10-6-4-5-9-17-28(20-23-11-7-8-12-25(23)29)27(31)22-13-15-24(32-3)16-14-22/h7-8,11-16,21H,4-6,9-10,17-20H2,1-3H3. The van der Waals surface area contributed by atoms with Gasteiger partial charge in [0, 0.05) is 37.3 Å². The number of anilines is 1. The second-order valence-electron chi connectivity index (χ2n) is 9.00. The predicted octanol–water partition coefficient (Wildman–Crippen LogP) is 5.68. The van der Waals surface area contributed by atoms with Gasteiger partial charge in [0.1, 0.15) is 5.75 Å². The van der Waals surface area contributed by atoms with E-state index in [2.05, 4.69) is 13.8 Å². The maximum absolute atomic E-state index is 13.4. The molecule has 0 N–H and O–H groups in total. The Morgan fingerprint density at radius 1 is 0.906 bits per heavy atom. The van der Waals surface area contributed by atoms with Gasteiger partial charge in [-0.2, -0.15) is 0 Å². The van der Waals surface area contributed by atoms with Gasteiger partial charge >= 0.3 is 0 Å². The molecule has 2 aromatic rings. The number of fused-ring (bicyclic) bond motifs is 1. The molecule has 0 radical (unpaired) electrons. The van der Waals surface area contributed by atoms with Crippen molar-refractivity contribution < 1.29 is 14.3 Å². The summed E-state index contributed by atoms with van der Waals surface area (Å²) in [5.74, 6) is 1.22. The first-order chi connectivity index (χ1) is 15.5. The molecule has 3 rings (SSSR count). The van der Waals surface area contributed by atoms with Crippen LogP contribution in [0, 0.1) is 5.92 Å². The fourth-order valence-corrected chi connectivity index (χ4v) is 4.22. The van der Waals surface area contributed by atoms with Gasteiger partial charge in [0.05, 0.1) is 7.11 Å². The van der Waals surface area contributed by atoms with Crippen LogP contribution in [0.5, 0.6) is 5.75 Å².